The number of rotatable bonds is 3. The van der Waals surface area contributed by atoms with Gasteiger partial charge in [0.25, 0.3) is 0 Å². The van der Waals surface area contributed by atoms with Crippen LogP contribution in [0.15, 0.2) is 30.3 Å². The van der Waals surface area contributed by atoms with Gasteiger partial charge in [0.1, 0.15) is 11.5 Å². The van der Waals surface area contributed by atoms with E-state index in [2.05, 4.69) is 0 Å². The molecule has 0 atom stereocenters. The number of ketones is 1. The number of methoxy groups -OCH3 is 1. The molecule has 3 nitrogen and oxygen atoms in total. The quantitative estimate of drug-likeness (QED) is 0.796. The minimum Gasteiger partial charge on any atom is -0.496 e. The van der Waals surface area contributed by atoms with Crippen molar-refractivity contribution in [2.75, 3.05) is 13.7 Å². The molecule has 5 heteroatoms. The highest BCUT2D eigenvalue weighted by molar-refractivity contribution is 6.32. The van der Waals surface area contributed by atoms with Crippen LogP contribution in [0.4, 0.5) is 0 Å². The summed E-state index contributed by atoms with van der Waals surface area (Å²) in [6, 6.07) is 8.38. The van der Waals surface area contributed by atoms with E-state index in [4.69, 9.17) is 32.7 Å². The van der Waals surface area contributed by atoms with Gasteiger partial charge in [-0.2, -0.15) is 0 Å². The van der Waals surface area contributed by atoms with Gasteiger partial charge in [-0.3, -0.25) is 4.79 Å². The van der Waals surface area contributed by atoms with Crippen molar-refractivity contribution in [1.29, 1.82) is 0 Å². The van der Waals surface area contributed by atoms with Crippen LogP contribution in [0.3, 0.4) is 0 Å². The number of hydrogen-bond acceptors (Lipinski definition) is 3. The second kappa shape index (κ2) is 5.58. The molecule has 0 saturated heterocycles. The Balaban J connectivity index is 2.14. The standard InChI is InChI=1S/C16H12Cl2O3/c1-20-14-3-2-10(17)7-12(14)15(19)13-8-11(18)6-9-4-5-21-16(9)13/h2-3,6-8H,4-5H2,1H3. The van der Waals surface area contributed by atoms with E-state index in [0.29, 0.717) is 39.3 Å². The fourth-order valence-corrected chi connectivity index (χ4v) is 2.85. The molecule has 0 radical (unpaired) electrons. The predicted molar refractivity (Wildman–Crippen MR) is 82.1 cm³/mol. The molecule has 1 heterocycles. The summed E-state index contributed by atoms with van der Waals surface area (Å²) in [6.07, 6.45) is 0.753. The Kier molecular flexibility index (Phi) is 3.79. The Bertz CT molecular complexity index is 726. The first kappa shape index (κ1) is 14.2. The van der Waals surface area contributed by atoms with Gasteiger partial charge in [0.05, 0.1) is 24.8 Å². The summed E-state index contributed by atoms with van der Waals surface area (Å²) in [5.41, 5.74) is 1.78. The Hall–Kier alpha value is -1.71. The number of benzene rings is 2. The van der Waals surface area contributed by atoms with Crippen LogP contribution in [-0.2, 0) is 6.42 Å². The third kappa shape index (κ3) is 2.59. The Labute approximate surface area is 132 Å². The second-order valence-corrected chi connectivity index (χ2v) is 5.59. The van der Waals surface area contributed by atoms with Crippen LogP contribution in [0, 0.1) is 0 Å². The lowest BCUT2D eigenvalue weighted by molar-refractivity contribution is 0.103. The van der Waals surface area contributed by atoms with Gasteiger partial charge in [0.15, 0.2) is 0 Å². The van der Waals surface area contributed by atoms with Gasteiger partial charge in [-0.15, -0.1) is 0 Å². The first-order valence-electron chi connectivity index (χ1n) is 6.43. The zero-order valence-corrected chi connectivity index (χ0v) is 12.8. The molecule has 2 aromatic carbocycles. The third-order valence-corrected chi connectivity index (χ3v) is 3.85. The molecule has 2 aromatic rings. The van der Waals surface area contributed by atoms with Crippen molar-refractivity contribution in [2.24, 2.45) is 0 Å². The SMILES string of the molecule is COc1ccc(Cl)cc1C(=O)c1cc(Cl)cc2c1OCC2. The third-order valence-electron chi connectivity index (χ3n) is 3.40. The lowest BCUT2D eigenvalue weighted by Crippen LogP contribution is -2.06. The van der Waals surface area contributed by atoms with E-state index < -0.39 is 0 Å². The normalized spacial score (nSPS) is 12.7. The van der Waals surface area contributed by atoms with Crippen molar-refractivity contribution in [2.45, 2.75) is 6.42 Å². The molecule has 0 aromatic heterocycles. The molecule has 0 saturated carbocycles. The van der Waals surface area contributed by atoms with E-state index in [9.17, 15) is 4.79 Å². The van der Waals surface area contributed by atoms with Gasteiger partial charge in [0, 0.05) is 16.5 Å². The molecule has 0 amide bonds. The molecular weight excluding hydrogens is 311 g/mol. The van der Waals surface area contributed by atoms with E-state index in [1.807, 2.05) is 6.07 Å². The summed E-state index contributed by atoms with van der Waals surface area (Å²) < 4.78 is 10.8. The number of fused-ring (bicyclic) bond motifs is 1. The van der Waals surface area contributed by atoms with Crippen LogP contribution in [0.2, 0.25) is 10.0 Å². The van der Waals surface area contributed by atoms with E-state index >= 15 is 0 Å². The van der Waals surface area contributed by atoms with Gasteiger partial charge < -0.3 is 9.47 Å². The summed E-state index contributed by atoms with van der Waals surface area (Å²) in [7, 11) is 1.51. The van der Waals surface area contributed by atoms with E-state index in [1.54, 1.807) is 24.3 Å². The monoisotopic (exact) mass is 322 g/mol. The maximum absolute atomic E-state index is 12.8. The van der Waals surface area contributed by atoms with E-state index in [0.717, 1.165) is 12.0 Å². The zero-order valence-electron chi connectivity index (χ0n) is 11.3. The highest BCUT2D eigenvalue weighted by Gasteiger charge is 2.24. The number of hydrogen-bond donors (Lipinski definition) is 0. The molecule has 0 fully saturated rings. The van der Waals surface area contributed by atoms with Gasteiger partial charge in [0.2, 0.25) is 5.78 Å². The molecule has 0 N–H and O–H groups in total. The molecule has 1 aliphatic heterocycles. The van der Waals surface area contributed by atoms with E-state index in [-0.39, 0.29) is 5.78 Å². The van der Waals surface area contributed by atoms with Crippen LogP contribution in [0.25, 0.3) is 0 Å². The molecule has 0 aliphatic carbocycles. The average Bonchev–Trinajstić information content (AvgIpc) is 2.93. The van der Waals surface area contributed by atoms with Crippen molar-refractivity contribution in [3.8, 4) is 11.5 Å². The van der Waals surface area contributed by atoms with Crippen molar-refractivity contribution >= 4 is 29.0 Å². The van der Waals surface area contributed by atoms with Gasteiger partial charge in [-0.1, -0.05) is 23.2 Å². The van der Waals surface area contributed by atoms with Crippen molar-refractivity contribution in [1.82, 2.24) is 0 Å². The Morgan fingerprint density at radius 2 is 1.90 bits per heavy atom. The summed E-state index contributed by atoms with van der Waals surface area (Å²) in [4.78, 5) is 12.8. The lowest BCUT2D eigenvalue weighted by atomic mass is 9.99. The first-order chi connectivity index (χ1) is 10.1. The summed E-state index contributed by atoms with van der Waals surface area (Å²) in [5, 5.41) is 0.988. The van der Waals surface area contributed by atoms with Crippen molar-refractivity contribution < 1.29 is 14.3 Å². The van der Waals surface area contributed by atoms with Gasteiger partial charge in [-0.25, -0.2) is 0 Å². The fraction of sp³-hybridized carbons (Fsp3) is 0.188. The molecule has 21 heavy (non-hydrogen) atoms. The van der Waals surface area contributed by atoms with Crippen molar-refractivity contribution in [3.63, 3.8) is 0 Å². The maximum Gasteiger partial charge on any atom is 0.200 e. The predicted octanol–water partition coefficient (Wildman–Crippen LogP) is 4.17. The molecule has 0 unspecified atom stereocenters. The Morgan fingerprint density at radius 3 is 2.67 bits per heavy atom. The smallest absolute Gasteiger partial charge is 0.200 e. The molecule has 0 spiro atoms. The van der Waals surface area contributed by atoms with Crippen LogP contribution in [0.1, 0.15) is 21.5 Å². The van der Waals surface area contributed by atoms with E-state index in [1.165, 1.54) is 7.11 Å². The summed E-state index contributed by atoms with van der Waals surface area (Å²) in [6.45, 7) is 0.558. The highest BCUT2D eigenvalue weighted by atomic mass is 35.5. The summed E-state index contributed by atoms with van der Waals surface area (Å²) in [5.74, 6) is 0.859. The molecule has 1 aliphatic rings. The summed E-state index contributed by atoms with van der Waals surface area (Å²) >= 11 is 12.1. The lowest BCUT2D eigenvalue weighted by Gasteiger charge is -2.11. The molecular formula is C16H12Cl2O3. The minimum absolute atomic E-state index is 0.213. The zero-order chi connectivity index (χ0) is 15.0. The number of carbonyl (C=O) groups is 1. The van der Waals surface area contributed by atoms with Crippen LogP contribution >= 0.6 is 23.2 Å². The minimum atomic E-state index is -0.213. The molecule has 3 rings (SSSR count). The Morgan fingerprint density at radius 1 is 1.14 bits per heavy atom. The second-order valence-electron chi connectivity index (χ2n) is 4.71. The number of halogens is 2. The number of ether oxygens (including phenoxy) is 2. The van der Waals surface area contributed by atoms with Crippen LogP contribution in [0.5, 0.6) is 11.5 Å². The molecule has 0 bridgehead atoms. The van der Waals surface area contributed by atoms with Gasteiger partial charge in [-0.05, 0) is 35.9 Å². The average molecular weight is 323 g/mol. The van der Waals surface area contributed by atoms with Crippen molar-refractivity contribution in [3.05, 3.63) is 57.1 Å². The van der Waals surface area contributed by atoms with Gasteiger partial charge >= 0.3 is 0 Å². The van der Waals surface area contributed by atoms with Crippen LogP contribution in [-0.4, -0.2) is 19.5 Å². The maximum atomic E-state index is 12.8. The molecule has 108 valence electrons. The number of carbonyl (C=O) groups excluding carboxylic acids is 1. The largest absolute Gasteiger partial charge is 0.496 e. The van der Waals surface area contributed by atoms with Crippen LogP contribution < -0.4 is 9.47 Å². The first-order valence-corrected chi connectivity index (χ1v) is 7.19. The topological polar surface area (TPSA) is 35.5 Å². The fourth-order valence-electron chi connectivity index (χ4n) is 2.44. The highest BCUT2D eigenvalue weighted by Crippen LogP contribution is 2.36.